The van der Waals surface area contributed by atoms with E-state index in [1.165, 1.54) is 0 Å². The van der Waals surface area contributed by atoms with E-state index in [2.05, 4.69) is 11.9 Å². The molecule has 0 radical (unpaired) electrons. The number of hydrogen-bond acceptors (Lipinski definition) is 4. The first kappa shape index (κ1) is 12.6. The quantitative estimate of drug-likeness (QED) is 0.764. The molecule has 4 heteroatoms. The Balaban J connectivity index is 1.72. The van der Waals surface area contributed by atoms with Gasteiger partial charge in [-0.25, -0.2) is 0 Å². The zero-order chi connectivity index (χ0) is 13.2. The van der Waals surface area contributed by atoms with Crippen LogP contribution in [0.15, 0.2) is 18.5 Å². The fraction of sp³-hybridized carbons (Fsp3) is 0.600. The summed E-state index contributed by atoms with van der Waals surface area (Å²) in [5, 5.41) is 0. The van der Waals surface area contributed by atoms with E-state index in [1.807, 2.05) is 0 Å². The standard InChI is InChI=1S/C15H19NO3/c1-2-5-18-12-6-10(8-16-9-12)15(17)13-7-11-3-4-14(13)19-11/h6,8-9,11,13-14H,2-5,7H2,1H3. The molecule has 1 aromatic heterocycles. The van der Waals surface area contributed by atoms with Crippen LogP contribution in [-0.2, 0) is 4.74 Å². The SMILES string of the molecule is CCCOc1cncc(C(=O)C2CC3CCC2O3)c1. The van der Waals surface area contributed by atoms with Gasteiger partial charge in [0.2, 0.25) is 0 Å². The molecule has 102 valence electrons. The number of ketones is 1. The summed E-state index contributed by atoms with van der Waals surface area (Å²) in [4.78, 5) is 16.6. The topological polar surface area (TPSA) is 48.4 Å². The Morgan fingerprint density at radius 1 is 1.47 bits per heavy atom. The van der Waals surface area contributed by atoms with E-state index in [-0.39, 0.29) is 17.8 Å². The van der Waals surface area contributed by atoms with Crippen LogP contribution in [0.1, 0.15) is 43.0 Å². The van der Waals surface area contributed by atoms with Crippen molar-refractivity contribution in [2.75, 3.05) is 6.61 Å². The fourth-order valence-electron chi connectivity index (χ4n) is 2.98. The second-order valence-electron chi connectivity index (χ2n) is 5.34. The summed E-state index contributed by atoms with van der Waals surface area (Å²) in [6.45, 7) is 2.70. The van der Waals surface area contributed by atoms with Crippen LogP contribution in [0.25, 0.3) is 0 Å². The van der Waals surface area contributed by atoms with Crippen LogP contribution >= 0.6 is 0 Å². The molecule has 2 fully saturated rings. The van der Waals surface area contributed by atoms with E-state index in [0.717, 1.165) is 25.7 Å². The maximum absolute atomic E-state index is 12.5. The average molecular weight is 261 g/mol. The first-order valence-corrected chi connectivity index (χ1v) is 7.05. The number of hydrogen-bond donors (Lipinski definition) is 0. The maximum atomic E-state index is 12.5. The molecule has 3 heterocycles. The molecule has 0 saturated carbocycles. The summed E-state index contributed by atoms with van der Waals surface area (Å²) in [5.41, 5.74) is 0.648. The van der Waals surface area contributed by atoms with Crippen LogP contribution in [0.5, 0.6) is 5.75 Å². The molecular formula is C15H19NO3. The zero-order valence-corrected chi connectivity index (χ0v) is 11.2. The molecule has 0 aromatic carbocycles. The molecule has 2 bridgehead atoms. The van der Waals surface area contributed by atoms with Crippen molar-refractivity contribution >= 4 is 5.78 Å². The van der Waals surface area contributed by atoms with Gasteiger partial charge < -0.3 is 9.47 Å². The van der Waals surface area contributed by atoms with Gasteiger partial charge >= 0.3 is 0 Å². The minimum atomic E-state index is 0.0157. The van der Waals surface area contributed by atoms with Crippen molar-refractivity contribution < 1.29 is 14.3 Å². The molecule has 3 unspecified atom stereocenters. The van der Waals surface area contributed by atoms with Gasteiger partial charge in [-0.3, -0.25) is 9.78 Å². The molecule has 0 aliphatic carbocycles. The minimum Gasteiger partial charge on any atom is -0.492 e. The van der Waals surface area contributed by atoms with E-state index in [0.29, 0.717) is 24.0 Å². The number of carbonyl (C=O) groups is 1. The second kappa shape index (κ2) is 5.29. The van der Waals surface area contributed by atoms with Crippen molar-refractivity contribution in [2.45, 2.75) is 44.8 Å². The van der Waals surface area contributed by atoms with Crippen LogP contribution in [-0.4, -0.2) is 29.6 Å². The van der Waals surface area contributed by atoms with E-state index >= 15 is 0 Å². The third kappa shape index (κ3) is 2.50. The third-order valence-corrected chi connectivity index (χ3v) is 3.91. The van der Waals surface area contributed by atoms with Gasteiger partial charge in [-0.2, -0.15) is 0 Å². The summed E-state index contributed by atoms with van der Waals surface area (Å²) in [7, 11) is 0. The van der Waals surface area contributed by atoms with Crippen LogP contribution in [0.3, 0.4) is 0 Å². The smallest absolute Gasteiger partial charge is 0.170 e. The summed E-state index contributed by atoms with van der Waals surface area (Å²) in [5.74, 6) is 0.848. The van der Waals surface area contributed by atoms with Gasteiger partial charge in [0.15, 0.2) is 5.78 Å². The molecule has 0 amide bonds. The molecule has 2 aliphatic rings. The van der Waals surface area contributed by atoms with Gasteiger partial charge in [-0.15, -0.1) is 0 Å². The molecule has 1 aromatic rings. The molecule has 2 aliphatic heterocycles. The minimum absolute atomic E-state index is 0.0157. The largest absolute Gasteiger partial charge is 0.492 e. The number of rotatable bonds is 5. The van der Waals surface area contributed by atoms with Gasteiger partial charge in [0.25, 0.3) is 0 Å². The molecule has 3 atom stereocenters. The second-order valence-corrected chi connectivity index (χ2v) is 5.34. The Kier molecular flexibility index (Phi) is 3.51. The predicted molar refractivity (Wildman–Crippen MR) is 70.4 cm³/mol. The molecule has 2 saturated heterocycles. The monoisotopic (exact) mass is 261 g/mol. The first-order valence-electron chi connectivity index (χ1n) is 7.05. The van der Waals surface area contributed by atoms with Crippen molar-refractivity contribution in [3.63, 3.8) is 0 Å². The Bertz CT molecular complexity index is 474. The van der Waals surface area contributed by atoms with Crippen molar-refractivity contribution in [1.29, 1.82) is 0 Å². The lowest BCUT2D eigenvalue weighted by Crippen LogP contribution is -2.25. The number of aromatic nitrogens is 1. The lowest BCUT2D eigenvalue weighted by Gasteiger charge is -2.17. The molecule has 19 heavy (non-hydrogen) atoms. The highest BCUT2D eigenvalue weighted by Gasteiger charge is 2.44. The number of fused-ring (bicyclic) bond motifs is 2. The summed E-state index contributed by atoms with van der Waals surface area (Å²) in [6, 6.07) is 1.80. The Morgan fingerprint density at radius 3 is 3.05 bits per heavy atom. The van der Waals surface area contributed by atoms with Crippen LogP contribution in [0.4, 0.5) is 0 Å². The van der Waals surface area contributed by atoms with Crippen LogP contribution in [0, 0.1) is 5.92 Å². The Morgan fingerprint density at radius 2 is 2.37 bits per heavy atom. The Hall–Kier alpha value is -1.42. The predicted octanol–water partition coefficient (Wildman–Crippen LogP) is 2.62. The molecule has 0 N–H and O–H groups in total. The lowest BCUT2D eigenvalue weighted by atomic mass is 9.84. The average Bonchev–Trinajstić information content (AvgIpc) is 3.07. The normalized spacial score (nSPS) is 28.6. The highest BCUT2D eigenvalue weighted by molar-refractivity contribution is 5.98. The number of pyridine rings is 1. The summed E-state index contributed by atoms with van der Waals surface area (Å²) < 4.78 is 11.3. The maximum Gasteiger partial charge on any atom is 0.170 e. The zero-order valence-electron chi connectivity index (χ0n) is 11.2. The Labute approximate surface area is 113 Å². The molecule has 0 spiro atoms. The highest BCUT2D eigenvalue weighted by atomic mass is 16.5. The van der Waals surface area contributed by atoms with Crippen molar-refractivity contribution in [2.24, 2.45) is 5.92 Å². The summed E-state index contributed by atoms with van der Waals surface area (Å²) >= 11 is 0. The molecule has 4 nitrogen and oxygen atoms in total. The number of ether oxygens (including phenoxy) is 2. The first-order chi connectivity index (χ1) is 9.28. The molecular weight excluding hydrogens is 242 g/mol. The van der Waals surface area contributed by atoms with Crippen LogP contribution < -0.4 is 4.74 Å². The van der Waals surface area contributed by atoms with Crippen molar-refractivity contribution in [3.8, 4) is 5.75 Å². The lowest BCUT2D eigenvalue weighted by molar-refractivity contribution is 0.0742. The van der Waals surface area contributed by atoms with E-state index in [1.54, 1.807) is 18.5 Å². The van der Waals surface area contributed by atoms with Gasteiger partial charge in [0.05, 0.1) is 30.9 Å². The molecule has 3 rings (SSSR count). The van der Waals surface area contributed by atoms with Gasteiger partial charge in [-0.05, 0) is 31.7 Å². The number of Topliss-reactive ketones (excluding diaryl/α,β-unsaturated/α-hetero) is 1. The van der Waals surface area contributed by atoms with Gasteiger partial charge in [0.1, 0.15) is 5.75 Å². The summed E-state index contributed by atoms with van der Waals surface area (Å²) in [6.07, 6.45) is 7.63. The van der Waals surface area contributed by atoms with Gasteiger partial charge in [-0.1, -0.05) is 6.92 Å². The van der Waals surface area contributed by atoms with Crippen LogP contribution in [0.2, 0.25) is 0 Å². The van der Waals surface area contributed by atoms with E-state index in [9.17, 15) is 4.79 Å². The van der Waals surface area contributed by atoms with E-state index < -0.39 is 0 Å². The van der Waals surface area contributed by atoms with Gasteiger partial charge in [0, 0.05) is 11.8 Å². The third-order valence-electron chi connectivity index (χ3n) is 3.91. The fourth-order valence-corrected chi connectivity index (χ4v) is 2.98. The van der Waals surface area contributed by atoms with Crippen molar-refractivity contribution in [1.82, 2.24) is 4.98 Å². The number of nitrogens with zero attached hydrogens (tertiary/aromatic N) is 1. The number of carbonyl (C=O) groups excluding carboxylic acids is 1. The highest BCUT2D eigenvalue weighted by Crippen LogP contribution is 2.40. The van der Waals surface area contributed by atoms with E-state index in [4.69, 9.17) is 9.47 Å². The van der Waals surface area contributed by atoms with Crippen molar-refractivity contribution in [3.05, 3.63) is 24.0 Å².